The molecule has 1 aromatic rings. The number of nitrogens with one attached hydrogen (secondary N) is 1. The first-order valence-electron chi connectivity index (χ1n) is 7.73. The minimum absolute atomic E-state index is 0.0889. The number of carbonyl (C=O) groups excluding carboxylic acids is 2. The first-order valence-corrected chi connectivity index (χ1v) is 9.38. The zero-order valence-electron chi connectivity index (χ0n) is 14.2. The highest BCUT2D eigenvalue weighted by atomic mass is 32.2. The van der Waals surface area contributed by atoms with Gasteiger partial charge in [0.1, 0.15) is 0 Å². The zero-order valence-corrected chi connectivity index (χ0v) is 15.1. The first-order chi connectivity index (χ1) is 11.4. The normalized spacial score (nSPS) is 11.1. The van der Waals surface area contributed by atoms with Gasteiger partial charge >= 0.3 is 0 Å². The van der Waals surface area contributed by atoms with Crippen LogP contribution in [0.1, 0.15) is 24.2 Å². The molecular weight excluding hydrogens is 332 g/mol. The Morgan fingerprint density at radius 1 is 1.12 bits per heavy atom. The maximum Gasteiger partial charge on any atom is 0.251 e. The van der Waals surface area contributed by atoms with Crippen LogP contribution in [0.3, 0.4) is 0 Å². The van der Waals surface area contributed by atoms with E-state index < -0.39 is 15.7 Å². The summed E-state index contributed by atoms with van der Waals surface area (Å²) in [5, 5.41) is 2.54. The molecule has 0 bridgehead atoms. The minimum atomic E-state index is -3.43. The molecule has 7 nitrogen and oxygen atoms in total. The summed E-state index contributed by atoms with van der Waals surface area (Å²) >= 11 is 0. The third-order valence-electron chi connectivity index (χ3n) is 3.55. The summed E-state index contributed by atoms with van der Waals surface area (Å²) in [7, 11) is -1.99. The molecule has 1 N–H and O–H groups in total. The lowest BCUT2D eigenvalue weighted by atomic mass is 10.2. The van der Waals surface area contributed by atoms with E-state index in [-0.39, 0.29) is 29.7 Å². The SMILES string of the molecule is CCN(CC)C(=O)CNC(=O)c1ccc(S(=O)(=O)CCOC)cc1. The maximum atomic E-state index is 12.0. The van der Waals surface area contributed by atoms with E-state index in [1.54, 1.807) is 4.90 Å². The molecule has 0 atom stereocenters. The van der Waals surface area contributed by atoms with Crippen molar-refractivity contribution in [3.63, 3.8) is 0 Å². The van der Waals surface area contributed by atoms with Gasteiger partial charge in [-0.05, 0) is 38.1 Å². The number of hydrogen-bond donors (Lipinski definition) is 1. The number of nitrogens with zero attached hydrogens (tertiary/aromatic N) is 1. The quantitative estimate of drug-likeness (QED) is 0.703. The number of rotatable bonds is 9. The van der Waals surface area contributed by atoms with Crippen LogP contribution in [-0.4, -0.2) is 64.2 Å². The molecule has 134 valence electrons. The predicted octanol–water partition coefficient (Wildman–Crippen LogP) is 0.705. The lowest BCUT2D eigenvalue weighted by molar-refractivity contribution is -0.129. The molecule has 2 amide bonds. The van der Waals surface area contributed by atoms with Gasteiger partial charge in [-0.3, -0.25) is 9.59 Å². The van der Waals surface area contributed by atoms with Crippen molar-refractivity contribution in [2.75, 3.05) is 39.1 Å². The number of sulfone groups is 1. The van der Waals surface area contributed by atoms with Gasteiger partial charge in [-0.25, -0.2) is 8.42 Å². The van der Waals surface area contributed by atoms with Crippen LogP contribution in [0, 0.1) is 0 Å². The number of benzene rings is 1. The van der Waals surface area contributed by atoms with Crippen LogP contribution in [0.4, 0.5) is 0 Å². The van der Waals surface area contributed by atoms with Crippen LogP contribution in [0.5, 0.6) is 0 Å². The van der Waals surface area contributed by atoms with Crippen LogP contribution < -0.4 is 5.32 Å². The van der Waals surface area contributed by atoms with Gasteiger partial charge in [0.25, 0.3) is 5.91 Å². The average molecular weight is 356 g/mol. The predicted molar refractivity (Wildman–Crippen MR) is 90.6 cm³/mol. The van der Waals surface area contributed by atoms with Gasteiger partial charge < -0.3 is 15.0 Å². The molecule has 24 heavy (non-hydrogen) atoms. The summed E-state index contributed by atoms with van der Waals surface area (Å²) in [6, 6.07) is 5.62. The second-order valence-electron chi connectivity index (χ2n) is 5.08. The van der Waals surface area contributed by atoms with E-state index in [0.717, 1.165) is 0 Å². The van der Waals surface area contributed by atoms with Gasteiger partial charge in [-0.1, -0.05) is 0 Å². The highest BCUT2D eigenvalue weighted by molar-refractivity contribution is 7.91. The van der Waals surface area contributed by atoms with Crippen molar-refractivity contribution in [2.24, 2.45) is 0 Å². The fourth-order valence-corrected chi connectivity index (χ4v) is 3.24. The molecule has 0 heterocycles. The topological polar surface area (TPSA) is 92.8 Å². The van der Waals surface area contributed by atoms with E-state index in [2.05, 4.69) is 5.32 Å². The van der Waals surface area contributed by atoms with Crippen molar-refractivity contribution >= 4 is 21.7 Å². The molecule has 1 aromatic carbocycles. The summed E-state index contributed by atoms with van der Waals surface area (Å²) in [4.78, 5) is 25.6. The monoisotopic (exact) mass is 356 g/mol. The maximum absolute atomic E-state index is 12.0. The number of carbonyl (C=O) groups is 2. The third kappa shape index (κ3) is 5.61. The largest absolute Gasteiger partial charge is 0.384 e. The van der Waals surface area contributed by atoms with Crippen LogP contribution in [-0.2, 0) is 19.4 Å². The molecule has 0 fully saturated rings. The van der Waals surface area contributed by atoms with Crippen molar-refractivity contribution in [3.05, 3.63) is 29.8 Å². The van der Waals surface area contributed by atoms with E-state index in [1.807, 2.05) is 13.8 Å². The smallest absolute Gasteiger partial charge is 0.251 e. The second kappa shape index (κ2) is 9.39. The Morgan fingerprint density at radius 2 is 1.71 bits per heavy atom. The molecule has 1 rings (SSSR count). The van der Waals surface area contributed by atoms with Crippen molar-refractivity contribution in [1.82, 2.24) is 10.2 Å². The molecule has 8 heteroatoms. The van der Waals surface area contributed by atoms with Crippen molar-refractivity contribution in [1.29, 1.82) is 0 Å². The Balaban J connectivity index is 2.69. The van der Waals surface area contributed by atoms with Crippen LogP contribution in [0.2, 0.25) is 0 Å². The van der Waals surface area contributed by atoms with E-state index in [1.165, 1.54) is 31.4 Å². The third-order valence-corrected chi connectivity index (χ3v) is 5.24. The molecular formula is C16H24N2O5S. The number of hydrogen-bond acceptors (Lipinski definition) is 5. The number of likely N-dealkylation sites (N-methyl/N-ethyl adjacent to an activating group) is 1. The van der Waals surface area contributed by atoms with Gasteiger partial charge in [-0.15, -0.1) is 0 Å². The van der Waals surface area contributed by atoms with Gasteiger partial charge in [0.2, 0.25) is 5.91 Å². The lowest BCUT2D eigenvalue weighted by Crippen LogP contribution is -2.40. The zero-order chi connectivity index (χ0) is 18.2. The average Bonchev–Trinajstić information content (AvgIpc) is 2.59. The second-order valence-corrected chi connectivity index (χ2v) is 7.19. The number of methoxy groups -OCH3 is 1. The van der Waals surface area contributed by atoms with Crippen LogP contribution in [0.15, 0.2) is 29.2 Å². The van der Waals surface area contributed by atoms with Crippen molar-refractivity contribution in [2.45, 2.75) is 18.7 Å². The van der Waals surface area contributed by atoms with E-state index >= 15 is 0 Å². The summed E-state index contributed by atoms with van der Waals surface area (Å²) in [6.07, 6.45) is 0. The molecule has 0 radical (unpaired) electrons. The highest BCUT2D eigenvalue weighted by Crippen LogP contribution is 2.12. The van der Waals surface area contributed by atoms with E-state index in [4.69, 9.17) is 4.74 Å². The molecule has 0 saturated carbocycles. The first kappa shape index (κ1) is 20.1. The summed E-state index contributed by atoms with van der Waals surface area (Å²) in [5.74, 6) is -0.698. The minimum Gasteiger partial charge on any atom is -0.384 e. The van der Waals surface area contributed by atoms with Gasteiger partial charge in [0, 0.05) is 25.8 Å². The van der Waals surface area contributed by atoms with Crippen molar-refractivity contribution < 1.29 is 22.7 Å². The summed E-state index contributed by atoms with van der Waals surface area (Å²) in [6.45, 7) is 4.92. The van der Waals surface area contributed by atoms with Crippen LogP contribution >= 0.6 is 0 Å². The molecule has 0 saturated heterocycles. The van der Waals surface area contributed by atoms with E-state index in [9.17, 15) is 18.0 Å². The Hall–Kier alpha value is -1.93. The Kier molecular flexibility index (Phi) is 7.87. The number of ether oxygens (including phenoxy) is 1. The van der Waals surface area contributed by atoms with Gasteiger partial charge in [0.05, 0.1) is 23.8 Å². The number of amides is 2. The Labute approximate surface area is 142 Å². The van der Waals surface area contributed by atoms with Crippen molar-refractivity contribution in [3.8, 4) is 0 Å². The van der Waals surface area contributed by atoms with Crippen LogP contribution in [0.25, 0.3) is 0 Å². The lowest BCUT2D eigenvalue weighted by Gasteiger charge is -2.18. The summed E-state index contributed by atoms with van der Waals surface area (Å²) < 4.78 is 28.8. The summed E-state index contributed by atoms with van der Waals surface area (Å²) in [5.41, 5.74) is 0.299. The molecule has 0 aromatic heterocycles. The van der Waals surface area contributed by atoms with Gasteiger partial charge in [0.15, 0.2) is 9.84 Å². The standard InChI is InChI=1S/C16H24N2O5S/c1-4-18(5-2)15(19)12-17-16(20)13-6-8-14(9-7-13)24(21,22)11-10-23-3/h6-9H,4-5,10-12H2,1-3H3,(H,17,20). The van der Waals surface area contributed by atoms with E-state index in [0.29, 0.717) is 18.7 Å². The Morgan fingerprint density at radius 3 is 2.21 bits per heavy atom. The highest BCUT2D eigenvalue weighted by Gasteiger charge is 2.16. The molecule has 0 aliphatic carbocycles. The Bertz CT molecular complexity index is 652. The molecule has 0 unspecified atom stereocenters. The fourth-order valence-electron chi connectivity index (χ4n) is 2.07. The molecule has 0 aliphatic rings. The van der Waals surface area contributed by atoms with Gasteiger partial charge in [-0.2, -0.15) is 0 Å². The molecule has 0 aliphatic heterocycles. The molecule has 0 spiro atoms. The fraction of sp³-hybridized carbons (Fsp3) is 0.500.